The van der Waals surface area contributed by atoms with Crippen LogP contribution in [-0.4, -0.2) is 49.7 Å². The quantitative estimate of drug-likeness (QED) is 0.750. The highest BCUT2D eigenvalue weighted by Crippen LogP contribution is 2.60. The van der Waals surface area contributed by atoms with E-state index in [1.807, 2.05) is 4.90 Å². The van der Waals surface area contributed by atoms with Crippen molar-refractivity contribution in [1.82, 2.24) is 9.21 Å². The molecule has 28 heavy (non-hydrogen) atoms. The highest BCUT2D eigenvalue weighted by molar-refractivity contribution is 7.89. The number of nitrogens with zero attached hydrogens (tertiary/aromatic N) is 2. The van der Waals surface area contributed by atoms with E-state index in [1.54, 1.807) is 18.2 Å². The zero-order valence-electron chi connectivity index (χ0n) is 16.0. The molecule has 5 fully saturated rings. The van der Waals surface area contributed by atoms with Gasteiger partial charge in [0.05, 0.1) is 10.3 Å². The smallest absolute Gasteiger partial charge is 0.243 e. The lowest BCUT2D eigenvalue weighted by Gasteiger charge is -2.57. The molecule has 0 radical (unpaired) electrons. The molecule has 1 amide bonds. The molecule has 4 saturated carbocycles. The van der Waals surface area contributed by atoms with Gasteiger partial charge >= 0.3 is 0 Å². The van der Waals surface area contributed by atoms with Crippen LogP contribution in [0, 0.1) is 23.2 Å². The van der Waals surface area contributed by atoms with Crippen molar-refractivity contribution in [2.45, 2.75) is 43.4 Å². The number of sulfonamides is 1. The highest BCUT2D eigenvalue weighted by Gasteiger charge is 2.55. The van der Waals surface area contributed by atoms with E-state index in [0.717, 1.165) is 37.0 Å². The second-order valence-corrected chi connectivity index (χ2v) is 11.7. The predicted molar refractivity (Wildman–Crippen MR) is 107 cm³/mol. The Morgan fingerprint density at radius 2 is 1.54 bits per heavy atom. The molecule has 0 spiro atoms. The first kappa shape index (κ1) is 18.9. The molecule has 5 aliphatic rings. The lowest BCUT2D eigenvalue weighted by molar-refractivity contribution is -0.158. The van der Waals surface area contributed by atoms with Gasteiger partial charge in [-0.05, 0) is 74.5 Å². The Morgan fingerprint density at radius 1 is 0.964 bits per heavy atom. The number of benzene rings is 1. The Kier molecular flexibility index (Phi) is 4.53. The molecule has 152 valence electrons. The Bertz CT molecular complexity index is 857. The zero-order chi connectivity index (χ0) is 19.5. The van der Waals surface area contributed by atoms with Gasteiger partial charge < -0.3 is 4.90 Å². The number of carbonyl (C=O) groups is 1. The first-order chi connectivity index (χ1) is 13.4. The van der Waals surface area contributed by atoms with Gasteiger partial charge in [-0.3, -0.25) is 4.79 Å². The lowest BCUT2D eigenvalue weighted by Crippen LogP contribution is -2.58. The van der Waals surface area contributed by atoms with Crippen molar-refractivity contribution in [3.63, 3.8) is 0 Å². The third kappa shape index (κ3) is 3.08. The van der Waals surface area contributed by atoms with E-state index in [4.69, 9.17) is 11.6 Å². The maximum Gasteiger partial charge on any atom is 0.243 e. The molecular weight excluding hydrogens is 396 g/mol. The van der Waals surface area contributed by atoms with Crippen LogP contribution in [0.25, 0.3) is 0 Å². The molecule has 4 bridgehead atoms. The van der Waals surface area contributed by atoms with Crippen LogP contribution in [0.4, 0.5) is 0 Å². The molecule has 0 N–H and O–H groups in total. The maximum absolute atomic E-state index is 13.5. The van der Waals surface area contributed by atoms with E-state index in [1.165, 1.54) is 29.6 Å². The van der Waals surface area contributed by atoms with E-state index < -0.39 is 10.0 Å². The number of rotatable bonds is 3. The molecule has 0 aromatic heterocycles. The van der Waals surface area contributed by atoms with Crippen molar-refractivity contribution in [2.75, 3.05) is 26.2 Å². The normalized spacial score (nSPS) is 35.3. The summed E-state index contributed by atoms with van der Waals surface area (Å²) in [7, 11) is -3.57. The number of carbonyl (C=O) groups excluding carboxylic acids is 1. The number of hydrogen-bond donors (Lipinski definition) is 0. The molecule has 1 aromatic carbocycles. The molecule has 7 heteroatoms. The van der Waals surface area contributed by atoms with Gasteiger partial charge in [0.25, 0.3) is 0 Å². The summed E-state index contributed by atoms with van der Waals surface area (Å²) in [5.74, 6) is 2.51. The van der Waals surface area contributed by atoms with Gasteiger partial charge in [0.1, 0.15) is 0 Å². The minimum absolute atomic E-state index is 0.150. The second-order valence-electron chi connectivity index (χ2n) is 9.35. The second kappa shape index (κ2) is 6.71. The minimum Gasteiger partial charge on any atom is -0.340 e. The summed E-state index contributed by atoms with van der Waals surface area (Å²) in [5, 5.41) is 0.414. The van der Waals surface area contributed by atoms with Crippen molar-refractivity contribution in [1.29, 1.82) is 0 Å². The third-order valence-corrected chi connectivity index (χ3v) is 9.58. The van der Waals surface area contributed by atoms with Gasteiger partial charge in [-0.25, -0.2) is 8.42 Å². The average Bonchev–Trinajstić information content (AvgIpc) is 2.66. The molecule has 4 aliphatic carbocycles. The molecule has 1 aliphatic heterocycles. The maximum atomic E-state index is 13.5. The molecule has 0 unspecified atom stereocenters. The molecule has 1 aromatic rings. The van der Waals surface area contributed by atoms with Gasteiger partial charge in [-0.15, -0.1) is 0 Å². The van der Waals surface area contributed by atoms with Crippen molar-refractivity contribution < 1.29 is 13.2 Å². The van der Waals surface area contributed by atoms with Crippen LogP contribution in [0.5, 0.6) is 0 Å². The topological polar surface area (TPSA) is 57.7 Å². The summed E-state index contributed by atoms with van der Waals surface area (Å²) < 4.78 is 27.3. The van der Waals surface area contributed by atoms with Crippen LogP contribution in [0.2, 0.25) is 5.02 Å². The summed E-state index contributed by atoms with van der Waals surface area (Å²) >= 11 is 5.97. The minimum atomic E-state index is -3.57. The van der Waals surface area contributed by atoms with Gasteiger partial charge in [0, 0.05) is 31.2 Å². The molecule has 1 heterocycles. The number of amides is 1. The summed E-state index contributed by atoms with van der Waals surface area (Å²) in [6.07, 6.45) is 7.12. The SMILES string of the molecule is O=C(N1CCN(S(=O)(=O)c2cccc(Cl)c2)CC1)C12CC3CC(CC(C3)C1)C2. The van der Waals surface area contributed by atoms with E-state index >= 15 is 0 Å². The summed E-state index contributed by atoms with van der Waals surface area (Å²) in [6.45, 7) is 1.68. The number of piperazine rings is 1. The van der Waals surface area contributed by atoms with Crippen molar-refractivity contribution in [3.05, 3.63) is 29.3 Å². The van der Waals surface area contributed by atoms with Crippen LogP contribution < -0.4 is 0 Å². The van der Waals surface area contributed by atoms with Crippen LogP contribution in [-0.2, 0) is 14.8 Å². The molecule has 1 saturated heterocycles. The average molecular weight is 423 g/mol. The first-order valence-corrected chi connectivity index (χ1v) is 12.2. The monoisotopic (exact) mass is 422 g/mol. The van der Waals surface area contributed by atoms with E-state index in [-0.39, 0.29) is 10.3 Å². The Balaban J connectivity index is 1.28. The standard InChI is InChI=1S/C21H27ClN2O3S/c22-18-2-1-3-19(11-18)28(26,27)24-6-4-23(5-7-24)20(25)21-12-15-8-16(13-21)10-17(9-15)14-21/h1-3,11,15-17H,4-10,12-14H2. The largest absolute Gasteiger partial charge is 0.340 e. The molecule has 6 rings (SSSR count). The molecule has 0 atom stereocenters. The Morgan fingerprint density at radius 3 is 2.07 bits per heavy atom. The third-order valence-electron chi connectivity index (χ3n) is 7.45. The van der Waals surface area contributed by atoms with Crippen molar-refractivity contribution in [3.8, 4) is 0 Å². The molecule has 5 nitrogen and oxygen atoms in total. The summed E-state index contributed by atoms with van der Waals surface area (Å²) in [5.41, 5.74) is -0.150. The number of halogens is 1. The van der Waals surface area contributed by atoms with Gasteiger partial charge in [-0.2, -0.15) is 4.31 Å². The summed E-state index contributed by atoms with van der Waals surface area (Å²) in [4.78, 5) is 15.6. The van der Waals surface area contributed by atoms with Crippen molar-refractivity contribution in [2.24, 2.45) is 23.2 Å². The Hall–Kier alpha value is -1.11. The fraction of sp³-hybridized carbons (Fsp3) is 0.667. The van der Waals surface area contributed by atoms with E-state index in [2.05, 4.69) is 0 Å². The first-order valence-electron chi connectivity index (χ1n) is 10.4. The lowest BCUT2D eigenvalue weighted by atomic mass is 9.49. The predicted octanol–water partition coefficient (Wildman–Crippen LogP) is 3.39. The van der Waals surface area contributed by atoms with E-state index in [0.29, 0.717) is 37.1 Å². The van der Waals surface area contributed by atoms with Crippen LogP contribution in [0.15, 0.2) is 29.2 Å². The van der Waals surface area contributed by atoms with E-state index in [9.17, 15) is 13.2 Å². The molecular formula is C21H27ClN2O3S. The van der Waals surface area contributed by atoms with Gasteiger partial charge in [0.2, 0.25) is 15.9 Å². The van der Waals surface area contributed by atoms with Crippen LogP contribution in [0.3, 0.4) is 0 Å². The van der Waals surface area contributed by atoms with Gasteiger partial charge in [-0.1, -0.05) is 17.7 Å². The van der Waals surface area contributed by atoms with Gasteiger partial charge in [0.15, 0.2) is 0 Å². The van der Waals surface area contributed by atoms with Crippen LogP contribution in [0.1, 0.15) is 38.5 Å². The fourth-order valence-electron chi connectivity index (χ4n) is 6.62. The van der Waals surface area contributed by atoms with Crippen molar-refractivity contribution >= 4 is 27.5 Å². The van der Waals surface area contributed by atoms with Crippen LogP contribution >= 0.6 is 11.6 Å². The highest BCUT2D eigenvalue weighted by atomic mass is 35.5. The number of hydrogen-bond acceptors (Lipinski definition) is 3. The summed E-state index contributed by atoms with van der Waals surface area (Å²) in [6, 6.07) is 6.39. The fourth-order valence-corrected chi connectivity index (χ4v) is 8.34. The Labute approximate surface area is 172 Å². The zero-order valence-corrected chi connectivity index (χ0v) is 17.6.